The number of nitrogens with zero attached hydrogens (tertiary/aromatic N) is 1. The molecule has 0 radical (unpaired) electrons. The Balaban J connectivity index is 2.21. The van der Waals surface area contributed by atoms with Crippen LogP contribution in [0.3, 0.4) is 0 Å². The van der Waals surface area contributed by atoms with Gasteiger partial charge in [0, 0.05) is 31.4 Å². The van der Waals surface area contributed by atoms with Gasteiger partial charge in [0.1, 0.15) is 5.15 Å². The molecule has 21 heavy (non-hydrogen) atoms. The molecule has 110 valence electrons. The van der Waals surface area contributed by atoms with Gasteiger partial charge in [-0.05, 0) is 47.1 Å². The number of pyridine rings is 1. The Morgan fingerprint density at radius 3 is 2.71 bits per heavy atom. The van der Waals surface area contributed by atoms with Crippen LogP contribution in [-0.4, -0.2) is 16.1 Å². The van der Waals surface area contributed by atoms with Crippen molar-refractivity contribution in [1.29, 1.82) is 0 Å². The summed E-state index contributed by atoms with van der Waals surface area (Å²) in [4.78, 5) is 16.1. The van der Waals surface area contributed by atoms with Gasteiger partial charge in [0.05, 0.1) is 5.56 Å². The van der Waals surface area contributed by atoms with Crippen LogP contribution in [0, 0.1) is 6.92 Å². The molecule has 2 aromatic rings. The fourth-order valence-corrected chi connectivity index (χ4v) is 3.87. The molecule has 0 fully saturated rings. The quantitative estimate of drug-likeness (QED) is 0.541. The lowest BCUT2D eigenvalue weighted by Gasteiger charge is -2.08. The average Bonchev–Trinajstić information content (AvgIpc) is 2.38. The number of carbonyl (C=O) groups is 1. The van der Waals surface area contributed by atoms with Crippen molar-refractivity contribution in [2.45, 2.75) is 17.6 Å². The van der Waals surface area contributed by atoms with Crippen LogP contribution in [0.15, 0.2) is 33.6 Å². The Morgan fingerprint density at radius 1 is 1.38 bits per heavy atom. The van der Waals surface area contributed by atoms with Gasteiger partial charge in [-0.15, -0.1) is 11.8 Å². The largest absolute Gasteiger partial charge is 0.478 e. The molecule has 0 aliphatic rings. The minimum atomic E-state index is -0.975. The number of hydrogen-bond acceptors (Lipinski definition) is 3. The van der Waals surface area contributed by atoms with E-state index in [0.717, 1.165) is 16.2 Å². The standard InChI is InChI=1S/C14H10BrCl2NO2S/c1-7-4-12(16)10(13(17)18-7)6-21-8-2-3-11(15)9(5-8)14(19)20/h2-5H,6H2,1H3,(H,19,20). The lowest BCUT2D eigenvalue weighted by molar-refractivity contribution is 0.0695. The van der Waals surface area contributed by atoms with Crippen LogP contribution in [0.2, 0.25) is 10.2 Å². The molecule has 0 amide bonds. The van der Waals surface area contributed by atoms with Gasteiger partial charge in [0.25, 0.3) is 0 Å². The minimum Gasteiger partial charge on any atom is -0.478 e. The highest BCUT2D eigenvalue weighted by Gasteiger charge is 2.12. The molecule has 1 aromatic carbocycles. The highest BCUT2D eigenvalue weighted by atomic mass is 79.9. The molecule has 1 aromatic heterocycles. The molecule has 7 heteroatoms. The lowest BCUT2D eigenvalue weighted by Crippen LogP contribution is -1.97. The number of aromatic carboxylic acids is 1. The Hall–Kier alpha value is -0.750. The summed E-state index contributed by atoms with van der Waals surface area (Å²) in [6.07, 6.45) is 0. The van der Waals surface area contributed by atoms with E-state index in [1.807, 2.05) is 13.0 Å². The third-order valence-corrected chi connectivity index (χ3v) is 5.06. The van der Waals surface area contributed by atoms with E-state index in [1.165, 1.54) is 11.8 Å². The van der Waals surface area contributed by atoms with E-state index in [4.69, 9.17) is 28.3 Å². The normalized spacial score (nSPS) is 10.7. The van der Waals surface area contributed by atoms with Gasteiger partial charge in [-0.2, -0.15) is 0 Å². The summed E-state index contributed by atoms with van der Waals surface area (Å²) < 4.78 is 0.549. The molecule has 0 saturated carbocycles. The van der Waals surface area contributed by atoms with Crippen molar-refractivity contribution in [1.82, 2.24) is 4.98 Å². The van der Waals surface area contributed by atoms with Crippen molar-refractivity contribution in [3.8, 4) is 0 Å². The van der Waals surface area contributed by atoms with Crippen molar-refractivity contribution in [3.63, 3.8) is 0 Å². The van der Waals surface area contributed by atoms with Crippen LogP contribution in [0.25, 0.3) is 0 Å². The van der Waals surface area contributed by atoms with Gasteiger partial charge < -0.3 is 5.11 Å². The molecular weight excluding hydrogens is 397 g/mol. The Labute approximate surface area is 144 Å². The molecule has 0 aliphatic heterocycles. The van der Waals surface area contributed by atoms with Gasteiger partial charge in [-0.3, -0.25) is 0 Å². The first kappa shape index (κ1) is 16.6. The second-order valence-corrected chi connectivity index (χ2v) is 6.92. The zero-order valence-electron chi connectivity index (χ0n) is 10.9. The molecule has 0 unspecified atom stereocenters. The number of aryl methyl sites for hydroxylation is 1. The zero-order chi connectivity index (χ0) is 15.6. The SMILES string of the molecule is Cc1cc(Cl)c(CSc2ccc(Br)c(C(=O)O)c2)c(Cl)n1. The average molecular weight is 407 g/mol. The van der Waals surface area contributed by atoms with E-state index in [0.29, 0.717) is 20.4 Å². The maximum absolute atomic E-state index is 11.1. The molecule has 0 spiro atoms. The first-order chi connectivity index (χ1) is 9.88. The Bertz CT molecular complexity index is 686. The van der Waals surface area contributed by atoms with Crippen LogP contribution in [0.5, 0.6) is 0 Å². The van der Waals surface area contributed by atoms with E-state index in [2.05, 4.69) is 20.9 Å². The van der Waals surface area contributed by atoms with E-state index >= 15 is 0 Å². The number of carboxylic acid groups (broad SMARTS) is 1. The highest BCUT2D eigenvalue weighted by molar-refractivity contribution is 9.10. The summed E-state index contributed by atoms with van der Waals surface area (Å²) in [5, 5.41) is 10.0. The fourth-order valence-electron chi connectivity index (χ4n) is 1.67. The molecule has 0 aliphatic carbocycles. The summed E-state index contributed by atoms with van der Waals surface area (Å²) in [7, 11) is 0. The van der Waals surface area contributed by atoms with E-state index < -0.39 is 5.97 Å². The molecule has 1 heterocycles. The number of benzene rings is 1. The minimum absolute atomic E-state index is 0.222. The van der Waals surface area contributed by atoms with Crippen molar-refractivity contribution in [3.05, 3.63) is 55.7 Å². The first-order valence-corrected chi connectivity index (χ1v) is 8.39. The molecule has 3 nitrogen and oxygen atoms in total. The number of thioether (sulfide) groups is 1. The van der Waals surface area contributed by atoms with Gasteiger partial charge in [0.2, 0.25) is 0 Å². The van der Waals surface area contributed by atoms with Gasteiger partial charge >= 0.3 is 5.97 Å². The number of halogens is 3. The Kier molecular flexibility index (Phi) is 5.54. The summed E-state index contributed by atoms with van der Waals surface area (Å²) in [6, 6.07) is 6.92. The third-order valence-electron chi connectivity index (χ3n) is 2.70. The monoisotopic (exact) mass is 405 g/mol. The summed E-state index contributed by atoms with van der Waals surface area (Å²) in [5.74, 6) is -0.455. The maximum Gasteiger partial charge on any atom is 0.336 e. The predicted octanol–water partition coefficient (Wildman–Crippen LogP) is 5.45. The van der Waals surface area contributed by atoms with Crippen molar-refractivity contribution < 1.29 is 9.90 Å². The smallest absolute Gasteiger partial charge is 0.336 e. The van der Waals surface area contributed by atoms with Crippen LogP contribution in [0.4, 0.5) is 0 Å². The fraction of sp³-hybridized carbons (Fsp3) is 0.143. The van der Waals surface area contributed by atoms with Crippen molar-refractivity contribution in [2.24, 2.45) is 0 Å². The highest BCUT2D eigenvalue weighted by Crippen LogP contribution is 2.32. The van der Waals surface area contributed by atoms with E-state index in [9.17, 15) is 4.79 Å². The summed E-state index contributed by atoms with van der Waals surface area (Å²) in [6.45, 7) is 1.82. The number of hydrogen-bond donors (Lipinski definition) is 1. The van der Waals surface area contributed by atoms with Gasteiger partial charge in [-0.1, -0.05) is 23.2 Å². The van der Waals surface area contributed by atoms with Crippen LogP contribution < -0.4 is 0 Å². The maximum atomic E-state index is 11.1. The second-order valence-electron chi connectivity index (χ2n) is 4.25. The van der Waals surface area contributed by atoms with Crippen LogP contribution in [-0.2, 0) is 5.75 Å². The van der Waals surface area contributed by atoms with Crippen molar-refractivity contribution in [2.75, 3.05) is 0 Å². The predicted molar refractivity (Wildman–Crippen MR) is 89.7 cm³/mol. The summed E-state index contributed by atoms with van der Waals surface area (Å²) >= 11 is 16.9. The molecule has 1 N–H and O–H groups in total. The van der Waals surface area contributed by atoms with Gasteiger partial charge in [0.15, 0.2) is 0 Å². The lowest BCUT2D eigenvalue weighted by atomic mass is 10.2. The molecule has 0 atom stereocenters. The van der Waals surface area contributed by atoms with E-state index in [-0.39, 0.29) is 5.56 Å². The van der Waals surface area contributed by atoms with Crippen molar-refractivity contribution >= 4 is 56.9 Å². The van der Waals surface area contributed by atoms with E-state index in [1.54, 1.807) is 18.2 Å². The van der Waals surface area contributed by atoms with Crippen LogP contribution >= 0.6 is 50.9 Å². The first-order valence-electron chi connectivity index (χ1n) is 5.85. The molecule has 2 rings (SSSR count). The topological polar surface area (TPSA) is 50.2 Å². The second kappa shape index (κ2) is 7.01. The molecular formula is C14H10BrCl2NO2S. The molecule has 0 bridgehead atoms. The summed E-state index contributed by atoms with van der Waals surface area (Å²) in [5.41, 5.74) is 1.73. The number of carboxylic acids is 1. The molecule has 0 saturated heterocycles. The van der Waals surface area contributed by atoms with Gasteiger partial charge in [-0.25, -0.2) is 9.78 Å². The Morgan fingerprint density at radius 2 is 2.10 bits per heavy atom. The number of aromatic nitrogens is 1. The third kappa shape index (κ3) is 4.13. The number of rotatable bonds is 4. The zero-order valence-corrected chi connectivity index (χ0v) is 14.8. The van der Waals surface area contributed by atoms with Crippen LogP contribution in [0.1, 0.15) is 21.6 Å².